The number of hydrogen-bond donors (Lipinski definition) is 1. The Hall–Kier alpha value is -1.16. The van der Waals surface area contributed by atoms with Gasteiger partial charge in [-0.3, -0.25) is 0 Å². The molecule has 1 saturated heterocycles. The van der Waals surface area contributed by atoms with Crippen LogP contribution >= 0.6 is 0 Å². The molecular formula is C14H21FN2O. The molecule has 0 aliphatic carbocycles. The van der Waals surface area contributed by atoms with Crippen molar-refractivity contribution in [2.24, 2.45) is 5.92 Å². The van der Waals surface area contributed by atoms with E-state index in [0.29, 0.717) is 24.8 Å². The maximum Gasteiger partial charge on any atom is 0.213 e. The van der Waals surface area contributed by atoms with Gasteiger partial charge in [-0.2, -0.15) is 0 Å². The lowest BCUT2D eigenvalue weighted by molar-refractivity contribution is 0.0692. The van der Waals surface area contributed by atoms with Gasteiger partial charge in [0.15, 0.2) is 0 Å². The molecule has 2 heterocycles. The Bertz CT molecular complexity index is 384. The Morgan fingerprint density at radius 3 is 3.06 bits per heavy atom. The third kappa shape index (κ3) is 3.67. The zero-order valence-corrected chi connectivity index (χ0v) is 11.0. The summed E-state index contributed by atoms with van der Waals surface area (Å²) < 4.78 is 19.3. The zero-order valence-electron chi connectivity index (χ0n) is 11.0. The lowest BCUT2D eigenvalue weighted by Gasteiger charge is -2.27. The van der Waals surface area contributed by atoms with Crippen molar-refractivity contribution in [2.45, 2.75) is 39.0 Å². The van der Waals surface area contributed by atoms with Crippen LogP contribution < -0.4 is 10.1 Å². The first-order valence-corrected chi connectivity index (χ1v) is 6.62. The maximum absolute atomic E-state index is 13.6. The van der Waals surface area contributed by atoms with Crippen LogP contribution in [-0.2, 0) is 6.42 Å². The number of rotatable bonds is 4. The monoisotopic (exact) mass is 252 g/mol. The standard InChI is InChI=1S/C14H21FN2O/c1-10(2)8-11-4-3-5-14(17-11)18-13-6-7-16-9-12(13)15/h3-5,10,12-13,16H,6-9H2,1-2H3. The van der Waals surface area contributed by atoms with E-state index in [9.17, 15) is 4.39 Å². The SMILES string of the molecule is CC(C)Cc1cccc(OC2CCNCC2F)n1. The van der Waals surface area contributed by atoms with E-state index in [0.717, 1.165) is 18.7 Å². The smallest absolute Gasteiger partial charge is 0.213 e. The molecule has 0 spiro atoms. The van der Waals surface area contributed by atoms with Gasteiger partial charge in [0.2, 0.25) is 5.88 Å². The number of nitrogens with zero attached hydrogens (tertiary/aromatic N) is 1. The fourth-order valence-electron chi connectivity index (χ4n) is 2.14. The Balaban J connectivity index is 1.99. The molecular weight excluding hydrogens is 231 g/mol. The summed E-state index contributed by atoms with van der Waals surface area (Å²) >= 11 is 0. The van der Waals surface area contributed by atoms with Crippen molar-refractivity contribution >= 4 is 0 Å². The highest BCUT2D eigenvalue weighted by atomic mass is 19.1. The van der Waals surface area contributed by atoms with E-state index in [2.05, 4.69) is 24.1 Å². The molecule has 3 nitrogen and oxygen atoms in total. The van der Waals surface area contributed by atoms with E-state index < -0.39 is 6.17 Å². The quantitative estimate of drug-likeness (QED) is 0.893. The number of hydrogen-bond acceptors (Lipinski definition) is 3. The second-order valence-electron chi connectivity index (χ2n) is 5.23. The van der Waals surface area contributed by atoms with Crippen molar-refractivity contribution in [3.05, 3.63) is 23.9 Å². The van der Waals surface area contributed by atoms with Crippen LogP contribution in [0.5, 0.6) is 5.88 Å². The van der Waals surface area contributed by atoms with Gasteiger partial charge in [-0.05, 0) is 31.4 Å². The van der Waals surface area contributed by atoms with Gasteiger partial charge in [-0.15, -0.1) is 0 Å². The van der Waals surface area contributed by atoms with Crippen LogP contribution in [0.3, 0.4) is 0 Å². The van der Waals surface area contributed by atoms with Gasteiger partial charge in [0.25, 0.3) is 0 Å². The minimum Gasteiger partial charge on any atom is -0.471 e. The number of aromatic nitrogens is 1. The van der Waals surface area contributed by atoms with E-state index in [1.165, 1.54) is 0 Å². The van der Waals surface area contributed by atoms with E-state index >= 15 is 0 Å². The predicted molar refractivity (Wildman–Crippen MR) is 69.6 cm³/mol. The van der Waals surface area contributed by atoms with Crippen molar-refractivity contribution in [3.63, 3.8) is 0 Å². The van der Waals surface area contributed by atoms with Crippen LogP contribution in [-0.4, -0.2) is 30.3 Å². The van der Waals surface area contributed by atoms with Crippen molar-refractivity contribution in [2.75, 3.05) is 13.1 Å². The summed E-state index contributed by atoms with van der Waals surface area (Å²) in [4.78, 5) is 4.43. The molecule has 2 unspecified atom stereocenters. The minimum absolute atomic E-state index is 0.368. The molecule has 1 fully saturated rings. The molecule has 0 radical (unpaired) electrons. The number of alkyl halides is 1. The average Bonchev–Trinajstić information content (AvgIpc) is 2.32. The Labute approximate surface area is 108 Å². The maximum atomic E-state index is 13.6. The van der Waals surface area contributed by atoms with Gasteiger partial charge in [0.1, 0.15) is 12.3 Å². The van der Waals surface area contributed by atoms with Crippen molar-refractivity contribution in [1.29, 1.82) is 0 Å². The molecule has 0 aromatic carbocycles. The van der Waals surface area contributed by atoms with Crippen LogP contribution in [0.1, 0.15) is 26.0 Å². The summed E-state index contributed by atoms with van der Waals surface area (Å²) in [7, 11) is 0. The van der Waals surface area contributed by atoms with E-state index in [1.54, 1.807) is 6.07 Å². The molecule has 1 aliphatic rings. The summed E-state index contributed by atoms with van der Waals surface area (Å²) in [6.07, 6.45) is 0.294. The van der Waals surface area contributed by atoms with Gasteiger partial charge in [-0.25, -0.2) is 9.37 Å². The Kier molecular flexibility index (Phi) is 4.53. The fourth-order valence-corrected chi connectivity index (χ4v) is 2.14. The van der Waals surface area contributed by atoms with Crippen molar-refractivity contribution in [3.8, 4) is 5.88 Å². The van der Waals surface area contributed by atoms with E-state index in [4.69, 9.17) is 4.74 Å². The number of pyridine rings is 1. The summed E-state index contributed by atoms with van der Waals surface area (Å²) in [6.45, 7) is 5.48. The molecule has 0 amide bonds. The van der Waals surface area contributed by atoms with E-state index in [-0.39, 0.29) is 6.10 Å². The van der Waals surface area contributed by atoms with Crippen molar-refractivity contribution < 1.29 is 9.13 Å². The molecule has 1 aromatic heterocycles. The average molecular weight is 252 g/mol. The molecule has 100 valence electrons. The molecule has 18 heavy (non-hydrogen) atoms. The molecule has 1 aliphatic heterocycles. The summed E-state index contributed by atoms with van der Waals surface area (Å²) in [5.41, 5.74) is 1.01. The Morgan fingerprint density at radius 2 is 2.33 bits per heavy atom. The molecule has 1 aromatic rings. The number of ether oxygens (including phenoxy) is 1. The number of piperidine rings is 1. The normalized spacial score (nSPS) is 24.2. The van der Waals surface area contributed by atoms with Crippen LogP contribution in [0.2, 0.25) is 0 Å². The largest absolute Gasteiger partial charge is 0.471 e. The highest BCUT2D eigenvalue weighted by Gasteiger charge is 2.26. The third-order valence-corrected chi connectivity index (χ3v) is 3.02. The molecule has 2 atom stereocenters. The highest BCUT2D eigenvalue weighted by molar-refractivity contribution is 5.16. The van der Waals surface area contributed by atoms with Crippen LogP contribution in [0.4, 0.5) is 4.39 Å². The van der Waals surface area contributed by atoms with Crippen LogP contribution in [0.15, 0.2) is 18.2 Å². The first-order chi connectivity index (χ1) is 8.65. The van der Waals surface area contributed by atoms with Gasteiger partial charge in [0, 0.05) is 18.3 Å². The summed E-state index contributed by atoms with van der Waals surface area (Å²) in [6, 6.07) is 5.72. The predicted octanol–water partition coefficient (Wildman–Crippen LogP) is 2.36. The fraction of sp³-hybridized carbons (Fsp3) is 0.643. The first-order valence-electron chi connectivity index (χ1n) is 6.62. The number of nitrogens with one attached hydrogen (secondary N) is 1. The molecule has 0 bridgehead atoms. The summed E-state index contributed by atoms with van der Waals surface area (Å²) in [5, 5.41) is 3.01. The molecule has 0 saturated carbocycles. The van der Waals surface area contributed by atoms with Gasteiger partial charge >= 0.3 is 0 Å². The lowest BCUT2D eigenvalue weighted by Crippen LogP contribution is -2.44. The lowest BCUT2D eigenvalue weighted by atomic mass is 10.1. The van der Waals surface area contributed by atoms with E-state index in [1.807, 2.05) is 12.1 Å². The molecule has 4 heteroatoms. The first kappa shape index (κ1) is 13.3. The van der Waals surface area contributed by atoms with Gasteiger partial charge in [-0.1, -0.05) is 19.9 Å². The zero-order chi connectivity index (χ0) is 13.0. The minimum atomic E-state index is -0.950. The van der Waals surface area contributed by atoms with Gasteiger partial charge < -0.3 is 10.1 Å². The second kappa shape index (κ2) is 6.14. The van der Waals surface area contributed by atoms with Crippen LogP contribution in [0.25, 0.3) is 0 Å². The van der Waals surface area contributed by atoms with Crippen molar-refractivity contribution in [1.82, 2.24) is 10.3 Å². The Morgan fingerprint density at radius 1 is 1.50 bits per heavy atom. The molecule has 1 N–H and O–H groups in total. The van der Waals surface area contributed by atoms with Gasteiger partial charge in [0.05, 0.1) is 0 Å². The second-order valence-corrected chi connectivity index (χ2v) is 5.23. The molecule has 2 rings (SSSR count). The summed E-state index contributed by atoms with van der Waals surface area (Å²) in [5.74, 6) is 1.10. The third-order valence-electron chi connectivity index (χ3n) is 3.02. The van der Waals surface area contributed by atoms with Crippen LogP contribution in [0, 0.1) is 5.92 Å². The topological polar surface area (TPSA) is 34.1 Å². The highest BCUT2D eigenvalue weighted by Crippen LogP contribution is 2.17. The number of halogens is 1.